The van der Waals surface area contributed by atoms with Crippen LogP contribution in [0.5, 0.6) is 0 Å². The number of ether oxygens (including phenoxy) is 2. The third-order valence-electron chi connectivity index (χ3n) is 4.14. The van der Waals surface area contributed by atoms with Crippen LogP contribution in [0.3, 0.4) is 0 Å². The van der Waals surface area contributed by atoms with E-state index >= 15 is 0 Å². The topological polar surface area (TPSA) is 30.5 Å². The minimum atomic E-state index is 0.229. The molecule has 3 heteroatoms. The molecule has 1 aliphatic heterocycles. The monoisotopic (exact) mass is 261 g/mol. The Kier molecular flexibility index (Phi) is 4.49. The molecule has 104 valence electrons. The molecule has 1 aliphatic carbocycles. The Hall–Kier alpha value is -0.900. The zero-order valence-corrected chi connectivity index (χ0v) is 11.4. The van der Waals surface area contributed by atoms with E-state index in [-0.39, 0.29) is 6.10 Å². The molecule has 0 spiro atoms. The summed E-state index contributed by atoms with van der Waals surface area (Å²) in [7, 11) is 0. The zero-order chi connectivity index (χ0) is 12.9. The molecule has 3 nitrogen and oxygen atoms in total. The highest BCUT2D eigenvalue weighted by atomic mass is 16.6. The first-order valence-electron chi connectivity index (χ1n) is 7.41. The molecule has 0 aromatic heterocycles. The largest absolute Gasteiger partial charge is 0.376 e. The zero-order valence-electron chi connectivity index (χ0n) is 11.4. The number of nitrogens with one attached hydrogen (secondary N) is 1. The molecule has 3 rings (SSSR count). The van der Waals surface area contributed by atoms with Gasteiger partial charge < -0.3 is 14.8 Å². The summed E-state index contributed by atoms with van der Waals surface area (Å²) in [6.45, 7) is 4.16. The molecular weight excluding hydrogens is 238 g/mol. The maximum Gasteiger partial charge on any atom is 0.0933 e. The van der Waals surface area contributed by atoms with Gasteiger partial charge in [0.1, 0.15) is 0 Å². The lowest BCUT2D eigenvalue weighted by atomic mass is 9.83. The van der Waals surface area contributed by atoms with Crippen molar-refractivity contribution in [3.05, 3.63) is 35.4 Å². The van der Waals surface area contributed by atoms with Gasteiger partial charge in [-0.05, 0) is 36.3 Å². The van der Waals surface area contributed by atoms with Gasteiger partial charge in [-0.2, -0.15) is 0 Å². The normalized spacial score (nSPS) is 26.9. The van der Waals surface area contributed by atoms with Crippen LogP contribution >= 0.6 is 0 Å². The molecule has 0 bridgehead atoms. The van der Waals surface area contributed by atoms with E-state index in [4.69, 9.17) is 9.47 Å². The Bertz CT molecular complexity index is 401. The summed E-state index contributed by atoms with van der Waals surface area (Å²) in [5.74, 6) is 0.662. The molecule has 1 fully saturated rings. The van der Waals surface area contributed by atoms with Gasteiger partial charge in [0.15, 0.2) is 0 Å². The minimum absolute atomic E-state index is 0.229. The molecule has 2 unspecified atom stereocenters. The second-order valence-corrected chi connectivity index (χ2v) is 5.51. The average Bonchev–Trinajstić information content (AvgIpc) is 2.49. The number of aryl methyl sites for hydroxylation is 1. The SMILES string of the molecule is c1ccc2c(c1)CCCC2CNCC1COCCO1. The summed E-state index contributed by atoms with van der Waals surface area (Å²) >= 11 is 0. The van der Waals surface area contributed by atoms with Crippen molar-refractivity contribution in [3.8, 4) is 0 Å². The van der Waals surface area contributed by atoms with Crippen LogP contribution in [-0.4, -0.2) is 39.0 Å². The van der Waals surface area contributed by atoms with Crippen molar-refractivity contribution < 1.29 is 9.47 Å². The van der Waals surface area contributed by atoms with Crippen LogP contribution < -0.4 is 5.32 Å². The van der Waals surface area contributed by atoms with Crippen molar-refractivity contribution in [1.29, 1.82) is 0 Å². The first-order chi connectivity index (χ1) is 9.43. The molecule has 2 atom stereocenters. The Morgan fingerprint density at radius 2 is 2.11 bits per heavy atom. The third kappa shape index (κ3) is 3.35. The van der Waals surface area contributed by atoms with Gasteiger partial charge in [-0.25, -0.2) is 0 Å². The van der Waals surface area contributed by atoms with E-state index in [1.807, 2.05) is 0 Å². The standard InChI is InChI=1S/C16H23NO2/c1-2-7-16-13(4-1)5-3-6-14(16)10-17-11-15-12-18-8-9-19-15/h1-2,4,7,14-15,17H,3,5-6,8-12H2. The van der Waals surface area contributed by atoms with Gasteiger partial charge >= 0.3 is 0 Å². The average molecular weight is 261 g/mol. The lowest BCUT2D eigenvalue weighted by Crippen LogP contribution is -2.39. The fraction of sp³-hybridized carbons (Fsp3) is 0.625. The Labute approximate surface area is 115 Å². The van der Waals surface area contributed by atoms with Gasteiger partial charge in [-0.1, -0.05) is 24.3 Å². The summed E-state index contributed by atoms with van der Waals surface area (Å²) in [5, 5.41) is 3.56. The van der Waals surface area contributed by atoms with Crippen LogP contribution in [-0.2, 0) is 15.9 Å². The van der Waals surface area contributed by atoms with E-state index in [9.17, 15) is 0 Å². The van der Waals surface area contributed by atoms with E-state index < -0.39 is 0 Å². The van der Waals surface area contributed by atoms with Crippen LogP contribution in [0.1, 0.15) is 29.9 Å². The second kappa shape index (κ2) is 6.51. The van der Waals surface area contributed by atoms with Gasteiger partial charge in [0.2, 0.25) is 0 Å². The van der Waals surface area contributed by atoms with Gasteiger partial charge in [-0.15, -0.1) is 0 Å². The van der Waals surface area contributed by atoms with Crippen molar-refractivity contribution in [2.75, 3.05) is 32.9 Å². The van der Waals surface area contributed by atoms with Crippen molar-refractivity contribution in [2.45, 2.75) is 31.3 Å². The van der Waals surface area contributed by atoms with E-state index in [1.165, 1.54) is 24.8 Å². The van der Waals surface area contributed by atoms with Crippen molar-refractivity contribution in [3.63, 3.8) is 0 Å². The van der Waals surface area contributed by atoms with E-state index in [2.05, 4.69) is 29.6 Å². The van der Waals surface area contributed by atoms with Crippen molar-refractivity contribution in [2.24, 2.45) is 0 Å². The van der Waals surface area contributed by atoms with Gasteiger partial charge in [0.05, 0.1) is 25.9 Å². The van der Waals surface area contributed by atoms with Gasteiger partial charge in [0.25, 0.3) is 0 Å². The van der Waals surface area contributed by atoms with E-state index in [0.29, 0.717) is 5.92 Å². The number of rotatable bonds is 4. The molecule has 0 amide bonds. The molecule has 19 heavy (non-hydrogen) atoms. The summed E-state index contributed by atoms with van der Waals surface area (Å²) in [5.41, 5.74) is 3.08. The van der Waals surface area contributed by atoms with E-state index in [1.54, 1.807) is 5.56 Å². The minimum Gasteiger partial charge on any atom is -0.376 e. The maximum absolute atomic E-state index is 5.65. The molecule has 1 saturated heterocycles. The summed E-state index contributed by atoms with van der Waals surface area (Å²) in [6, 6.07) is 8.89. The molecular formula is C16H23NO2. The molecule has 0 saturated carbocycles. The predicted molar refractivity (Wildman–Crippen MR) is 75.5 cm³/mol. The summed E-state index contributed by atoms with van der Waals surface area (Å²) in [6.07, 6.45) is 4.08. The molecule has 1 N–H and O–H groups in total. The first-order valence-corrected chi connectivity index (χ1v) is 7.41. The highest BCUT2D eigenvalue weighted by Gasteiger charge is 2.20. The number of hydrogen-bond donors (Lipinski definition) is 1. The van der Waals surface area contributed by atoms with Crippen molar-refractivity contribution >= 4 is 0 Å². The number of fused-ring (bicyclic) bond motifs is 1. The molecule has 2 aliphatic rings. The summed E-state index contributed by atoms with van der Waals surface area (Å²) in [4.78, 5) is 0. The smallest absolute Gasteiger partial charge is 0.0933 e. The van der Waals surface area contributed by atoms with Gasteiger partial charge in [0, 0.05) is 13.1 Å². The van der Waals surface area contributed by atoms with Crippen LogP contribution in [0.2, 0.25) is 0 Å². The molecule has 1 heterocycles. The van der Waals surface area contributed by atoms with Crippen LogP contribution in [0.25, 0.3) is 0 Å². The fourth-order valence-corrected chi connectivity index (χ4v) is 3.14. The molecule has 0 radical (unpaired) electrons. The highest BCUT2D eigenvalue weighted by Crippen LogP contribution is 2.30. The highest BCUT2D eigenvalue weighted by molar-refractivity contribution is 5.32. The quantitative estimate of drug-likeness (QED) is 0.900. The van der Waals surface area contributed by atoms with Crippen molar-refractivity contribution in [1.82, 2.24) is 5.32 Å². The lowest BCUT2D eigenvalue weighted by molar-refractivity contribution is -0.0863. The third-order valence-corrected chi connectivity index (χ3v) is 4.14. The fourth-order valence-electron chi connectivity index (χ4n) is 3.14. The lowest BCUT2D eigenvalue weighted by Gasteiger charge is -2.27. The predicted octanol–water partition coefficient (Wildman–Crippen LogP) is 2.11. The van der Waals surface area contributed by atoms with Crippen LogP contribution in [0, 0.1) is 0 Å². The first kappa shape index (κ1) is 13.1. The number of hydrogen-bond acceptors (Lipinski definition) is 3. The van der Waals surface area contributed by atoms with Gasteiger partial charge in [-0.3, -0.25) is 0 Å². The number of benzene rings is 1. The van der Waals surface area contributed by atoms with E-state index in [0.717, 1.165) is 32.9 Å². The maximum atomic E-state index is 5.65. The van der Waals surface area contributed by atoms with Crippen LogP contribution in [0.15, 0.2) is 24.3 Å². The Morgan fingerprint density at radius 1 is 1.16 bits per heavy atom. The Morgan fingerprint density at radius 3 is 3.00 bits per heavy atom. The summed E-state index contributed by atoms with van der Waals surface area (Å²) < 4.78 is 11.1. The Balaban J connectivity index is 1.50. The van der Waals surface area contributed by atoms with Crippen LogP contribution in [0.4, 0.5) is 0 Å². The second-order valence-electron chi connectivity index (χ2n) is 5.51. The molecule has 1 aromatic rings. The molecule has 1 aromatic carbocycles.